The average molecular weight is 608 g/mol. The SMILES string of the molecule is C[C@](O)(c1ccc(N2CCN(S(=O)(=O)c3ccccc3S)C[C@@H]2CN(CC2CC2)S(C)(=O)=O)cc1)C(F)(F)F. The van der Waals surface area contributed by atoms with E-state index in [4.69, 9.17) is 0 Å². The molecule has 1 saturated carbocycles. The molecule has 8 nitrogen and oxygen atoms in total. The van der Waals surface area contributed by atoms with Crippen LogP contribution in [0.3, 0.4) is 0 Å². The van der Waals surface area contributed by atoms with Crippen molar-refractivity contribution in [1.82, 2.24) is 8.61 Å². The summed E-state index contributed by atoms with van der Waals surface area (Å²) in [5.74, 6) is 0.247. The summed E-state index contributed by atoms with van der Waals surface area (Å²) in [5.41, 5.74) is -2.89. The zero-order valence-corrected chi connectivity index (χ0v) is 24.1. The first kappa shape index (κ1) is 30.1. The van der Waals surface area contributed by atoms with Gasteiger partial charge in [0, 0.05) is 43.3 Å². The van der Waals surface area contributed by atoms with Crippen LogP contribution in [0.5, 0.6) is 0 Å². The van der Waals surface area contributed by atoms with E-state index in [2.05, 4.69) is 12.6 Å². The Bertz CT molecular complexity index is 1400. The van der Waals surface area contributed by atoms with Crippen LogP contribution < -0.4 is 4.90 Å². The second kappa shape index (κ2) is 10.9. The van der Waals surface area contributed by atoms with Gasteiger partial charge in [-0.15, -0.1) is 12.6 Å². The minimum Gasteiger partial charge on any atom is -0.376 e. The summed E-state index contributed by atoms with van der Waals surface area (Å²) in [6, 6.07) is 10.9. The van der Waals surface area contributed by atoms with Crippen molar-refractivity contribution in [2.45, 2.75) is 47.4 Å². The highest BCUT2D eigenvalue weighted by Crippen LogP contribution is 2.39. The van der Waals surface area contributed by atoms with Gasteiger partial charge in [-0.3, -0.25) is 0 Å². The Morgan fingerprint density at radius 1 is 1.00 bits per heavy atom. The van der Waals surface area contributed by atoms with Crippen molar-refractivity contribution in [3.63, 3.8) is 0 Å². The van der Waals surface area contributed by atoms with Crippen LogP contribution in [0.25, 0.3) is 0 Å². The van der Waals surface area contributed by atoms with Crippen LogP contribution in [0.1, 0.15) is 25.3 Å². The van der Waals surface area contributed by atoms with Crippen molar-refractivity contribution in [1.29, 1.82) is 0 Å². The van der Waals surface area contributed by atoms with E-state index in [0.29, 0.717) is 19.2 Å². The van der Waals surface area contributed by atoms with Crippen LogP contribution in [-0.4, -0.2) is 81.8 Å². The first-order valence-corrected chi connectivity index (χ1v) is 16.1. The van der Waals surface area contributed by atoms with E-state index in [1.54, 1.807) is 18.2 Å². The van der Waals surface area contributed by atoms with Gasteiger partial charge in [0.05, 0.1) is 17.2 Å². The quantitative estimate of drug-likeness (QED) is 0.425. The summed E-state index contributed by atoms with van der Waals surface area (Å²) >= 11 is 4.29. The standard InChI is InChI=1S/C25H32F3N3O5S3/c1-24(32,25(26,27)28)19-9-11-20(12-10-19)31-14-13-29(39(35,36)23-6-4-3-5-22(23)37)16-21(31)17-30(38(2,33)34)15-18-7-8-18/h3-6,9-12,18,21,32,37H,7-8,13-17H2,1-2H3/t21-,24+/m1/s1. The molecule has 0 unspecified atom stereocenters. The number of benzene rings is 2. The van der Waals surface area contributed by atoms with Crippen molar-refractivity contribution in [2.24, 2.45) is 5.92 Å². The zero-order valence-electron chi connectivity index (χ0n) is 21.5. The molecule has 2 aromatic carbocycles. The average Bonchev–Trinajstić information content (AvgIpc) is 3.67. The van der Waals surface area contributed by atoms with Gasteiger partial charge in [0.2, 0.25) is 20.0 Å². The Labute approximate surface area is 232 Å². The van der Waals surface area contributed by atoms with Crippen LogP contribution in [-0.2, 0) is 25.6 Å². The molecule has 1 aliphatic carbocycles. The number of piperazine rings is 1. The summed E-state index contributed by atoms with van der Waals surface area (Å²) in [6.07, 6.45) is -1.93. The van der Waals surface area contributed by atoms with Crippen LogP contribution in [0.15, 0.2) is 58.3 Å². The highest BCUT2D eigenvalue weighted by atomic mass is 32.2. The van der Waals surface area contributed by atoms with Crippen molar-refractivity contribution >= 4 is 38.4 Å². The lowest BCUT2D eigenvalue weighted by Gasteiger charge is -2.43. The predicted octanol–water partition coefficient (Wildman–Crippen LogP) is 3.30. The molecule has 0 radical (unpaired) electrons. The van der Waals surface area contributed by atoms with E-state index in [-0.39, 0.29) is 47.5 Å². The van der Waals surface area contributed by atoms with Gasteiger partial charge in [0.25, 0.3) is 0 Å². The predicted molar refractivity (Wildman–Crippen MR) is 145 cm³/mol. The van der Waals surface area contributed by atoms with Crippen LogP contribution in [0, 0.1) is 5.92 Å². The third-order valence-electron chi connectivity index (χ3n) is 7.28. The molecule has 39 heavy (non-hydrogen) atoms. The van der Waals surface area contributed by atoms with Crippen molar-refractivity contribution < 1.29 is 35.1 Å². The molecular weight excluding hydrogens is 575 g/mol. The second-order valence-electron chi connectivity index (χ2n) is 10.3. The van der Waals surface area contributed by atoms with Crippen LogP contribution in [0.4, 0.5) is 18.9 Å². The molecule has 0 amide bonds. The number of aliphatic hydroxyl groups is 1. The molecule has 1 heterocycles. The lowest BCUT2D eigenvalue weighted by molar-refractivity contribution is -0.258. The summed E-state index contributed by atoms with van der Waals surface area (Å²) in [4.78, 5) is 2.14. The Kier molecular flexibility index (Phi) is 8.39. The van der Waals surface area contributed by atoms with Crippen molar-refractivity contribution in [2.75, 3.05) is 43.9 Å². The van der Waals surface area contributed by atoms with E-state index in [9.17, 15) is 35.1 Å². The molecule has 1 saturated heterocycles. The fraction of sp³-hybridized carbons (Fsp3) is 0.520. The normalized spacial score (nSPS) is 21.2. The molecule has 216 valence electrons. The van der Waals surface area contributed by atoms with Gasteiger partial charge in [-0.25, -0.2) is 16.8 Å². The molecule has 1 aliphatic heterocycles. The first-order chi connectivity index (χ1) is 18.0. The number of sulfonamides is 2. The maximum absolute atomic E-state index is 13.5. The summed E-state index contributed by atoms with van der Waals surface area (Å²) in [5, 5.41) is 10.0. The fourth-order valence-electron chi connectivity index (χ4n) is 4.67. The minimum absolute atomic E-state index is 0.00585. The van der Waals surface area contributed by atoms with Gasteiger partial charge in [-0.2, -0.15) is 21.8 Å². The summed E-state index contributed by atoms with van der Waals surface area (Å²) < 4.78 is 94.9. The summed E-state index contributed by atoms with van der Waals surface area (Å²) in [6.45, 7) is 1.21. The molecule has 0 bridgehead atoms. The topological polar surface area (TPSA) is 98.2 Å². The molecule has 0 spiro atoms. The monoisotopic (exact) mass is 607 g/mol. The minimum atomic E-state index is -4.88. The number of rotatable bonds is 9. The Morgan fingerprint density at radius 3 is 2.15 bits per heavy atom. The van der Waals surface area contributed by atoms with E-state index < -0.39 is 37.9 Å². The molecule has 2 aromatic rings. The van der Waals surface area contributed by atoms with Gasteiger partial charge < -0.3 is 10.0 Å². The van der Waals surface area contributed by atoms with Gasteiger partial charge >= 0.3 is 6.18 Å². The first-order valence-electron chi connectivity index (χ1n) is 12.4. The van der Waals surface area contributed by atoms with Crippen LogP contribution in [0.2, 0.25) is 0 Å². The molecule has 2 fully saturated rings. The zero-order chi connectivity index (χ0) is 28.8. The number of halogens is 3. The number of alkyl halides is 3. The van der Waals surface area contributed by atoms with Crippen LogP contribution >= 0.6 is 12.6 Å². The van der Waals surface area contributed by atoms with Gasteiger partial charge in [0.1, 0.15) is 0 Å². The maximum atomic E-state index is 13.5. The molecule has 14 heteroatoms. The molecule has 0 aromatic heterocycles. The highest BCUT2D eigenvalue weighted by Gasteiger charge is 2.51. The number of hydrogen-bond acceptors (Lipinski definition) is 7. The largest absolute Gasteiger partial charge is 0.421 e. The van der Waals surface area contributed by atoms with E-state index >= 15 is 0 Å². The lowest BCUT2D eigenvalue weighted by Crippen LogP contribution is -2.59. The smallest absolute Gasteiger partial charge is 0.376 e. The Morgan fingerprint density at radius 2 is 1.62 bits per heavy atom. The third-order valence-corrected chi connectivity index (χ3v) is 11.0. The number of anilines is 1. The lowest BCUT2D eigenvalue weighted by atomic mass is 9.95. The van der Waals surface area contributed by atoms with E-state index in [1.165, 1.54) is 38.9 Å². The number of thiol groups is 1. The highest BCUT2D eigenvalue weighted by molar-refractivity contribution is 7.90. The molecule has 2 aliphatic rings. The van der Waals surface area contributed by atoms with E-state index in [1.807, 2.05) is 4.90 Å². The molecule has 1 N–H and O–H groups in total. The van der Waals surface area contributed by atoms with Gasteiger partial charge in [-0.1, -0.05) is 24.3 Å². The van der Waals surface area contributed by atoms with E-state index in [0.717, 1.165) is 19.1 Å². The van der Waals surface area contributed by atoms with Gasteiger partial charge in [-0.05, 0) is 55.5 Å². The fourth-order valence-corrected chi connectivity index (χ4v) is 7.65. The molecular formula is C25H32F3N3O5S3. The van der Waals surface area contributed by atoms with Crippen molar-refractivity contribution in [3.05, 3.63) is 54.1 Å². The Balaban J connectivity index is 1.66. The second-order valence-corrected chi connectivity index (χ2v) is 14.7. The third kappa shape index (κ3) is 6.57. The number of hydrogen-bond donors (Lipinski definition) is 2. The maximum Gasteiger partial charge on any atom is 0.421 e. The summed E-state index contributed by atoms with van der Waals surface area (Å²) in [7, 11) is -7.56. The Hall–Kier alpha value is -1.84. The van der Waals surface area contributed by atoms with Crippen molar-refractivity contribution in [3.8, 4) is 0 Å². The molecule has 2 atom stereocenters. The van der Waals surface area contributed by atoms with Gasteiger partial charge in [0.15, 0.2) is 5.60 Å². The number of nitrogens with zero attached hydrogens (tertiary/aromatic N) is 3. The molecule has 4 rings (SSSR count).